The van der Waals surface area contributed by atoms with E-state index in [-0.39, 0.29) is 5.78 Å². The Labute approximate surface area is 120 Å². The van der Waals surface area contributed by atoms with Crippen molar-refractivity contribution in [3.8, 4) is 0 Å². The van der Waals surface area contributed by atoms with Crippen LogP contribution in [0.3, 0.4) is 0 Å². The predicted molar refractivity (Wildman–Crippen MR) is 81.3 cm³/mol. The van der Waals surface area contributed by atoms with E-state index < -0.39 is 0 Å². The Morgan fingerprint density at radius 2 is 2.21 bits per heavy atom. The molecule has 0 bridgehead atoms. The minimum atomic E-state index is 0.139. The molecule has 106 valence electrons. The predicted octanol–water partition coefficient (Wildman–Crippen LogP) is 4.06. The van der Waals surface area contributed by atoms with Gasteiger partial charge in [0.1, 0.15) is 0 Å². The molecule has 3 nitrogen and oxygen atoms in total. The fraction of sp³-hybridized carbons (Fsp3) is 0.733. The van der Waals surface area contributed by atoms with Gasteiger partial charge in [0.05, 0.1) is 10.6 Å². The Kier molecular flexibility index (Phi) is 4.97. The molecule has 1 aromatic heterocycles. The number of carbonyl (C=O) groups is 1. The van der Waals surface area contributed by atoms with Crippen LogP contribution in [0, 0.1) is 12.8 Å². The maximum absolute atomic E-state index is 11.5. The second-order valence-corrected chi connectivity index (χ2v) is 6.52. The molecule has 1 aromatic rings. The molecule has 0 amide bonds. The van der Waals surface area contributed by atoms with Crippen molar-refractivity contribution < 1.29 is 4.79 Å². The van der Waals surface area contributed by atoms with Crippen LogP contribution in [0.15, 0.2) is 0 Å². The van der Waals surface area contributed by atoms with Gasteiger partial charge in [-0.2, -0.15) is 0 Å². The lowest BCUT2D eigenvalue weighted by atomic mass is 9.96. The maximum atomic E-state index is 11.5. The summed E-state index contributed by atoms with van der Waals surface area (Å²) in [5.41, 5.74) is 0.891. The third-order valence-electron chi connectivity index (χ3n) is 3.92. The van der Waals surface area contributed by atoms with Crippen molar-refractivity contribution in [3.05, 3.63) is 10.6 Å². The number of aromatic nitrogens is 1. The molecule has 2 rings (SSSR count). The topological polar surface area (TPSA) is 33.2 Å². The number of ketones is 1. The molecule has 0 radical (unpaired) electrons. The average molecular weight is 280 g/mol. The highest BCUT2D eigenvalue weighted by Gasteiger charge is 2.20. The molecule has 0 N–H and O–H groups in total. The molecule has 0 aliphatic carbocycles. The molecule has 1 aliphatic heterocycles. The monoisotopic (exact) mass is 280 g/mol. The SMILES string of the molecule is CCCC1CCCN(c2nc(C)c(C(C)=O)s2)CC1. The van der Waals surface area contributed by atoms with Crippen molar-refractivity contribution in [1.82, 2.24) is 4.98 Å². The number of nitrogens with zero attached hydrogens (tertiary/aromatic N) is 2. The Morgan fingerprint density at radius 3 is 2.84 bits per heavy atom. The third kappa shape index (κ3) is 3.56. The average Bonchev–Trinajstić information content (AvgIpc) is 2.60. The van der Waals surface area contributed by atoms with Gasteiger partial charge < -0.3 is 4.90 Å². The van der Waals surface area contributed by atoms with E-state index in [2.05, 4.69) is 16.8 Å². The second kappa shape index (κ2) is 6.51. The van der Waals surface area contributed by atoms with E-state index in [4.69, 9.17) is 0 Å². The van der Waals surface area contributed by atoms with Crippen LogP contribution in [0.4, 0.5) is 5.13 Å². The van der Waals surface area contributed by atoms with Crippen molar-refractivity contribution in [2.24, 2.45) is 5.92 Å². The first-order valence-electron chi connectivity index (χ1n) is 7.35. The first-order valence-corrected chi connectivity index (χ1v) is 8.16. The Balaban J connectivity index is 2.06. The third-order valence-corrected chi connectivity index (χ3v) is 5.24. The number of anilines is 1. The van der Waals surface area contributed by atoms with Crippen LogP contribution < -0.4 is 4.90 Å². The van der Waals surface area contributed by atoms with Crippen LogP contribution >= 0.6 is 11.3 Å². The highest BCUT2D eigenvalue weighted by Crippen LogP contribution is 2.30. The molecule has 2 heterocycles. The molecule has 19 heavy (non-hydrogen) atoms. The van der Waals surface area contributed by atoms with Gasteiger partial charge in [0.15, 0.2) is 10.9 Å². The maximum Gasteiger partial charge on any atom is 0.186 e. The summed E-state index contributed by atoms with van der Waals surface area (Å²) < 4.78 is 0. The fourth-order valence-electron chi connectivity index (χ4n) is 2.90. The summed E-state index contributed by atoms with van der Waals surface area (Å²) in [6.07, 6.45) is 6.49. The highest BCUT2D eigenvalue weighted by molar-refractivity contribution is 7.17. The van der Waals surface area contributed by atoms with Gasteiger partial charge in [-0.1, -0.05) is 31.1 Å². The summed E-state index contributed by atoms with van der Waals surface area (Å²) in [5, 5.41) is 1.04. The first kappa shape index (κ1) is 14.5. The Hall–Kier alpha value is -0.900. The van der Waals surface area contributed by atoms with Crippen LogP contribution in [0.25, 0.3) is 0 Å². The summed E-state index contributed by atoms with van der Waals surface area (Å²) in [6.45, 7) is 8.02. The molecule has 1 saturated heterocycles. The number of aryl methyl sites for hydroxylation is 1. The summed E-state index contributed by atoms with van der Waals surface area (Å²) >= 11 is 1.56. The molecule has 1 aliphatic rings. The van der Waals surface area contributed by atoms with E-state index in [1.807, 2.05) is 6.92 Å². The van der Waals surface area contributed by atoms with Crippen molar-refractivity contribution >= 4 is 22.3 Å². The minimum Gasteiger partial charge on any atom is -0.348 e. The molecule has 0 aromatic carbocycles. The molecule has 0 spiro atoms. The molecule has 4 heteroatoms. The van der Waals surface area contributed by atoms with Gasteiger partial charge in [-0.3, -0.25) is 4.79 Å². The zero-order valence-electron chi connectivity index (χ0n) is 12.2. The zero-order valence-corrected chi connectivity index (χ0v) is 13.1. The van der Waals surface area contributed by atoms with Gasteiger partial charge in [0.25, 0.3) is 0 Å². The van der Waals surface area contributed by atoms with Crippen LogP contribution in [0.5, 0.6) is 0 Å². The second-order valence-electron chi connectivity index (χ2n) is 5.54. The van der Waals surface area contributed by atoms with Gasteiger partial charge in [-0.25, -0.2) is 4.98 Å². The van der Waals surface area contributed by atoms with Gasteiger partial charge in [-0.15, -0.1) is 0 Å². The van der Waals surface area contributed by atoms with Gasteiger partial charge >= 0.3 is 0 Å². The van der Waals surface area contributed by atoms with Crippen LogP contribution in [0.2, 0.25) is 0 Å². The van der Waals surface area contributed by atoms with Crippen molar-refractivity contribution in [3.63, 3.8) is 0 Å². The molecule has 1 atom stereocenters. The molecule has 1 fully saturated rings. The number of rotatable bonds is 4. The zero-order chi connectivity index (χ0) is 13.8. The number of hydrogen-bond acceptors (Lipinski definition) is 4. The van der Waals surface area contributed by atoms with E-state index in [1.165, 1.54) is 32.1 Å². The smallest absolute Gasteiger partial charge is 0.186 e. The number of thiazole rings is 1. The Bertz CT molecular complexity index is 441. The molecular formula is C15H24N2OS. The lowest BCUT2D eigenvalue weighted by molar-refractivity contribution is 0.102. The summed E-state index contributed by atoms with van der Waals surface area (Å²) in [4.78, 5) is 19.3. The van der Waals surface area contributed by atoms with Gasteiger partial charge in [-0.05, 0) is 32.1 Å². The van der Waals surface area contributed by atoms with Crippen LogP contribution in [-0.2, 0) is 0 Å². The lowest BCUT2D eigenvalue weighted by Crippen LogP contribution is -2.24. The summed E-state index contributed by atoms with van der Waals surface area (Å²) in [5.74, 6) is 1.02. The van der Waals surface area contributed by atoms with E-state index in [1.54, 1.807) is 18.3 Å². The lowest BCUT2D eigenvalue weighted by Gasteiger charge is -2.19. The Morgan fingerprint density at radius 1 is 1.42 bits per heavy atom. The minimum absolute atomic E-state index is 0.139. The van der Waals surface area contributed by atoms with Crippen LogP contribution in [-0.4, -0.2) is 23.9 Å². The van der Waals surface area contributed by atoms with E-state index >= 15 is 0 Å². The molecule has 1 unspecified atom stereocenters. The van der Waals surface area contributed by atoms with Crippen molar-refractivity contribution in [1.29, 1.82) is 0 Å². The van der Waals surface area contributed by atoms with Crippen molar-refractivity contribution in [2.75, 3.05) is 18.0 Å². The van der Waals surface area contributed by atoms with Crippen molar-refractivity contribution in [2.45, 2.75) is 52.9 Å². The van der Waals surface area contributed by atoms with Gasteiger partial charge in [0, 0.05) is 20.0 Å². The number of Topliss-reactive ketones (excluding diaryl/α,β-unsaturated/α-hetero) is 1. The fourth-order valence-corrected chi connectivity index (χ4v) is 3.91. The highest BCUT2D eigenvalue weighted by atomic mass is 32.1. The number of hydrogen-bond donors (Lipinski definition) is 0. The normalized spacial score (nSPS) is 20.4. The molecule has 0 saturated carbocycles. The largest absolute Gasteiger partial charge is 0.348 e. The number of carbonyl (C=O) groups excluding carboxylic acids is 1. The summed E-state index contributed by atoms with van der Waals surface area (Å²) in [6, 6.07) is 0. The quantitative estimate of drug-likeness (QED) is 0.780. The molecular weight excluding hydrogens is 256 g/mol. The van der Waals surface area contributed by atoms with E-state index in [9.17, 15) is 4.79 Å². The summed E-state index contributed by atoms with van der Waals surface area (Å²) in [7, 11) is 0. The van der Waals surface area contributed by atoms with Gasteiger partial charge in [0.2, 0.25) is 0 Å². The van der Waals surface area contributed by atoms with E-state index in [0.717, 1.165) is 34.7 Å². The van der Waals surface area contributed by atoms with E-state index in [0.29, 0.717) is 0 Å². The standard InChI is InChI=1S/C15H24N2OS/c1-4-6-13-7-5-9-17(10-8-13)15-16-11(2)14(19-15)12(3)18/h13H,4-10H2,1-3H3. The van der Waals surface area contributed by atoms with Crippen LogP contribution in [0.1, 0.15) is 61.3 Å². The first-order chi connectivity index (χ1) is 9.11.